The Morgan fingerprint density at radius 3 is 2.44 bits per heavy atom. The molecule has 2 heterocycles. The molecule has 10 heteroatoms. The highest BCUT2D eigenvalue weighted by molar-refractivity contribution is 7.89. The Morgan fingerprint density at radius 2 is 1.78 bits per heavy atom. The third-order valence-electron chi connectivity index (χ3n) is 5.57. The molecular formula is C22H23Cl2N3O4S. The van der Waals surface area contributed by atoms with Crippen molar-refractivity contribution in [2.75, 3.05) is 13.1 Å². The first-order valence-corrected chi connectivity index (χ1v) is 12.6. The average molecular weight is 496 g/mol. The van der Waals surface area contributed by atoms with Crippen LogP contribution in [0.3, 0.4) is 0 Å². The monoisotopic (exact) mass is 495 g/mol. The van der Waals surface area contributed by atoms with Gasteiger partial charge in [-0.25, -0.2) is 18.2 Å². The number of sulfonamides is 1. The van der Waals surface area contributed by atoms with Crippen molar-refractivity contribution in [1.82, 2.24) is 13.9 Å². The summed E-state index contributed by atoms with van der Waals surface area (Å²) >= 11 is 12.2. The number of carbonyl (C=O) groups is 1. The molecule has 0 amide bonds. The summed E-state index contributed by atoms with van der Waals surface area (Å²) in [5.74, 6) is -0.143. The Labute approximate surface area is 196 Å². The molecule has 0 atom stereocenters. The molecule has 1 aromatic heterocycles. The molecule has 0 aliphatic carbocycles. The van der Waals surface area contributed by atoms with Crippen LogP contribution in [-0.2, 0) is 27.9 Å². The van der Waals surface area contributed by atoms with E-state index in [4.69, 9.17) is 27.9 Å². The number of nitrogens with zero attached hydrogens (tertiary/aromatic N) is 3. The maximum absolute atomic E-state index is 13.0. The van der Waals surface area contributed by atoms with E-state index in [1.54, 1.807) is 36.4 Å². The topological polar surface area (TPSA) is 81.5 Å². The van der Waals surface area contributed by atoms with Crippen molar-refractivity contribution in [3.05, 3.63) is 57.8 Å². The molecule has 0 bridgehead atoms. The van der Waals surface area contributed by atoms with E-state index >= 15 is 0 Å². The maximum Gasteiger partial charge on any atom is 0.341 e. The van der Waals surface area contributed by atoms with Gasteiger partial charge in [-0.1, -0.05) is 35.7 Å². The predicted octanol–water partition coefficient (Wildman–Crippen LogP) is 4.89. The summed E-state index contributed by atoms with van der Waals surface area (Å²) in [6.07, 6.45) is 2.79. The van der Waals surface area contributed by atoms with Crippen LogP contribution >= 0.6 is 23.2 Å². The zero-order chi connectivity index (χ0) is 22.9. The van der Waals surface area contributed by atoms with E-state index in [0.29, 0.717) is 31.0 Å². The number of fused-ring (bicyclic) bond motifs is 1. The van der Waals surface area contributed by atoms with Crippen molar-refractivity contribution >= 4 is 50.2 Å². The summed E-state index contributed by atoms with van der Waals surface area (Å²) in [5.41, 5.74) is 1.41. The fourth-order valence-electron chi connectivity index (χ4n) is 3.93. The summed E-state index contributed by atoms with van der Waals surface area (Å²) in [5, 5.41) is 0.415. The van der Waals surface area contributed by atoms with Gasteiger partial charge in [0.05, 0.1) is 31.5 Å². The Morgan fingerprint density at radius 1 is 1.09 bits per heavy atom. The number of aromatic nitrogens is 2. The van der Waals surface area contributed by atoms with Gasteiger partial charge in [-0.05, 0) is 50.1 Å². The zero-order valence-corrected chi connectivity index (χ0v) is 19.9. The van der Waals surface area contributed by atoms with Crippen LogP contribution in [0.15, 0.2) is 41.3 Å². The van der Waals surface area contributed by atoms with Gasteiger partial charge in [0.2, 0.25) is 10.0 Å². The summed E-state index contributed by atoms with van der Waals surface area (Å²) in [6, 6.07) is 9.72. The fraction of sp³-hybridized carbons (Fsp3) is 0.364. The number of esters is 1. The van der Waals surface area contributed by atoms with Gasteiger partial charge in [0.25, 0.3) is 0 Å². The number of imidazole rings is 1. The molecule has 0 unspecified atom stereocenters. The molecule has 1 aliphatic heterocycles. The van der Waals surface area contributed by atoms with Gasteiger partial charge in [0.15, 0.2) is 0 Å². The first kappa shape index (κ1) is 23.0. The standard InChI is InChI=1S/C22H23Cl2N3O4S/c1-2-27-19-10-9-15(32(29,30)26-11-4-3-5-12-26)13-18(19)25-20(27)14-31-22(28)21-16(23)7-6-8-17(21)24/h6-10,13H,2-5,11-12,14H2,1H3. The van der Waals surface area contributed by atoms with Gasteiger partial charge >= 0.3 is 5.97 Å². The van der Waals surface area contributed by atoms with Gasteiger partial charge in [0.1, 0.15) is 12.4 Å². The van der Waals surface area contributed by atoms with Crippen molar-refractivity contribution in [3.8, 4) is 0 Å². The SMILES string of the molecule is CCn1c(COC(=O)c2c(Cl)cccc2Cl)nc2cc(S(=O)(=O)N3CCCCC3)ccc21. The Kier molecular flexibility index (Phi) is 6.76. The highest BCUT2D eigenvalue weighted by atomic mass is 35.5. The predicted molar refractivity (Wildman–Crippen MR) is 124 cm³/mol. The molecule has 1 saturated heterocycles. The highest BCUT2D eigenvalue weighted by Gasteiger charge is 2.27. The molecule has 0 N–H and O–H groups in total. The highest BCUT2D eigenvalue weighted by Crippen LogP contribution is 2.27. The molecule has 32 heavy (non-hydrogen) atoms. The average Bonchev–Trinajstić information content (AvgIpc) is 3.15. The van der Waals surface area contributed by atoms with E-state index in [0.717, 1.165) is 24.8 Å². The van der Waals surface area contributed by atoms with Crippen LogP contribution in [0.2, 0.25) is 10.0 Å². The number of carbonyl (C=O) groups excluding carboxylic acids is 1. The van der Waals surface area contributed by atoms with E-state index in [-0.39, 0.29) is 27.1 Å². The van der Waals surface area contributed by atoms with E-state index in [1.807, 2.05) is 11.5 Å². The van der Waals surface area contributed by atoms with Crippen molar-refractivity contribution in [2.24, 2.45) is 0 Å². The minimum absolute atomic E-state index is 0.100. The summed E-state index contributed by atoms with van der Waals surface area (Å²) < 4.78 is 34.9. The van der Waals surface area contributed by atoms with Gasteiger partial charge < -0.3 is 9.30 Å². The smallest absolute Gasteiger partial charge is 0.341 e. The van der Waals surface area contributed by atoms with Crippen molar-refractivity contribution in [2.45, 2.75) is 44.2 Å². The van der Waals surface area contributed by atoms with E-state index in [2.05, 4.69) is 4.98 Å². The first-order chi connectivity index (χ1) is 15.3. The summed E-state index contributed by atoms with van der Waals surface area (Å²) in [4.78, 5) is 17.3. The molecular weight excluding hydrogens is 473 g/mol. The van der Waals surface area contributed by atoms with Gasteiger partial charge in [-0.15, -0.1) is 0 Å². The normalized spacial score (nSPS) is 15.2. The summed E-state index contributed by atoms with van der Waals surface area (Å²) in [7, 11) is -3.57. The molecule has 0 saturated carbocycles. The second kappa shape index (κ2) is 9.39. The minimum Gasteiger partial charge on any atom is -0.454 e. The van der Waals surface area contributed by atoms with Crippen LogP contribution < -0.4 is 0 Å². The third-order valence-corrected chi connectivity index (χ3v) is 8.09. The fourth-order valence-corrected chi connectivity index (χ4v) is 6.02. The molecule has 170 valence electrons. The van der Waals surface area contributed by atoms with Crippen LogP contribution in [0.5, 0.6) is 0 Å². The van der Waals surface area contributed by atoms with Gasteiger partial charge in [0, 0.05) is 19.6 Å². The number of hydrogen-bond donors (Lipinski definition) is 0. The maximum atomic E-state index is 13.0. The molecule has 1 fully saturated rings. The van der Waals surface area contributed by atoms with Crippen LogP contribution in [0.4, 0.5) is 0 Å². The van der Waals surface area contributed by atoms with E-state index in [1.165, 1.54) is 4.31 Å². The lowest BCUT2D eigenvalue weighted by atomic mass is 10.2. The molecule has 7 nitrogen and oxygen atoms in total. The largest absolute Gasteiger partial charge is 0.454 e. The van der Waals surface area contributed by atoms with Crippen molar-refractivity contribution in [3.63, 3.8) is 0 Å². The van der Waals surface area contributed by atoms with Crippen molar-refractivity contribution in [1.29, 1.82) is 0 Å². The Hall–Kier alpha value is -2.13. The molecule has 0 spiro atoms. The molecule has 2 aromatic carbocycles. The van der Waals surface area contributed by atoms with Crippen molar-refractivity contribution < 1.29 is 17.9 Å². The number of ether oxygens (including phenoxy) is 1. The van der Waals surface area contributed by atoms with Crippen LogP contribution in [0.25, 0.3) is 11.0 Å². The van der Waals surface area contributed by atoms with Crippen LogP contribution in [0, 0.1) is 0 Å². The molecule has 4 rings (SSSR count). The lowest BCUT2D eigenvalue weighted by molar-refractivity contribution is 0.0459. The second-order valence-corrected chi connectivity index (χ2v) is 10.3. The Balaban J connectivity index is 1.61. The van der Waals surface area contributed by atoms with E-state index in [9.17, 15) is 13.2 Å². The minimum atomic E-state index is -3.57. The number of halogens is 2. The zero-order valence-electron chi connectivity index (χ0n) is 17.6. The van der Waals surface area contributed by atoms with Crippen LogP contribution in [0.1, 0.15) is 42.4 Å². The molecule has 1 aliphatic rings. The van der Waals surface area contributed by atoms with Gasteiger partial charge in [-0.3, -0.25) is 0 Å². The second-order valence-electron chi connectivity index (χ2n) is 7.56. The van der Waals surface area contributed by atoms with Gasteiger partial charge in [-0.2, -0.15) is 4.31 Å². The molecule has 3 aromatic rings. The Bertz CT molecular complexity index is 1250. The summed E-state index contributed by atoms with van der Waals surface area (Å²) in [6.45, 7) is 3.49. The number of benzene rings is 2. The number of hydrogen-bond acceptors (Lipinski definition) is 5. The van der Waals surface area contributed by atoms with Crippen LogP contribution in [-0.4, -0.2) is 41.3 Å². The molecule has 0 radical (unpaired) electrons. The third kappa shape index (κ3) is 4.37. The lowest BCUT2D eigenvalue weighted by Crippen LogP contribution is -2.35. The number of piperidine rings is 1. The quantitative estimate of drug-likeness (QED) is 0.454. The first-order valence-electron chi connectivity index (χ1n) is 10.4. The lowest BCUT2D eigenvalue weighted by Gasteiger charge is -2.25. The van der Waals surface area contributed by atoms with E-state index < -0.39 is 16.0 Å². The number of aryl methyl sites for hydroxylation is 1. The number of rotatable bonds is 6.